The predicted octanol–water partition coefficient (Wildman–Crippen LogP) is 9.86. The fourth-order valence-corrected chi connectivity index (χ4v) is 4.45. The fraction of sp³-hybridized carbons (Fsp3) is 0.759. The van der Waals surface area contributed by atoms with Crippen LogP contribution in [-0.2, 0) is 6.42 Å². The van der Waals surface area contributed by atoms with Crippen LogP contribution in [0.2, 0.25) is 0 Å². The van der Waals surface area contributed by atoms with Crippen LogP contribution < -0.4 is 0 Å². The Morgan fingerprint density at radius 1 is 0.533 bits per heavy atom. The first kappa shape index (κ1) is 26.9. The minimum atomic E-state index is 0.871. The van der Waals surface area contributed by atoms with Crippen molar-refractivity contribution >= 4 is 6.29 Å². The maximum Gasteiger partial charge on any atom is 0.150 e. The summed E-state index contributed by atoms with van der Waals surface area (Å²) in [6, 6.07) is 8.02. The lowest BCUT2D eigenvalue weighted by molar-refractivity contribution is 0.112. The summed E-state index contributed by atoms with van der Waals surface area (Å²) < 4.78 is 0. The van der Waals surface area contributed by atoms with Crippen molar-refractivity contribution in [1.29, 1.82) is 0 Å². The highest BCUT2D eigenvalue weighted by Crippen LogP contribution is 2.16. The first-order valence-electron chi connectivity index (χ1n) is 13.4. The summed E-state index contributed by atoms with van der Waals surface area (Å²) in [5, 5.41) is 0. The summed E-state index contributed by atoms with van der Waals surface area (Å²) in [6.07, 6.45) is 30.4. The van der Waals surface area contributed by atoms with Crippen molar-refractivity contribution in [3.63, 3.8) is 0 Å². The molecule has 0 bridgehead atoms. The molecule has 0 aliphatic carbocycles. The zero-order valence-electron chi connectivity index (χ0n) is 20.1. The Bertz CT molecular complexity index is 493. The van der Waals surface area contributed by atoms with Crippen LogP contribution in [0.3, 0.4) is 0 Å². The van der Waals surface area contributed by atoms with Gasteiger partial charge in [-0.2, -0.15) is 0 Å². The molecule has 1 nitrogen and oxygen atoms in total. The van der Waals surface area contributed by atoms with E-state index in [0.29, 0.717) is 0 Å². The number of benzene rings is 1. The lowest BCUT2D eigenvalue weighted by atomic mass is 10.0. The Morgan fingerprint density at radius 2 is 0.900 bits per heavy atom. The normalized spacial score (nSPS) is 11.1. The monoisotopic (exact) mass is 414 g/mol. The lowest BCUT2D eigenvalue weighted by Gasteiger charge is -2.05. The third-order valence-corrected chi connectivity index (χ3v) is 6.48. The molecule has 0 saturated carbocycles. The van der Waals surface area contributed by atoms with Gasteiger partial charge in [-0.05, 0) is 18.4 Å². The van der Waals surface area contributed by atoms with E-state index in [2.05, 4.69) is 13.0 Å². The Kier molecular flexibility index (Phi) is 19.0. The molecule has 0 radical (unpaired) electrons. The SMILES string of the molecule is CCCCCCCCCCCCCCCCCCCCCCc1ccccc1C=O. The Balaban J connectivity index is 1.74. The van der Waals surface area contributed by atoms with E-state index in [1.54, 1.807) is 0 Å². The van der Waals surface area contributed by atoms with Crippen LogP contribution in [0.15, 0.2) is 24.3 Å². The van der Waals surface area contributed by atoms with Gasteiger partial charge < -0.3 is 0 Å². The van der Waals surface area contributed by atoms with Crippen molar-refractivity contribution in [3.8, 4) is 0 Å². The molecule has 0 atom stereocenters. The maximum atomic E-state index is 11.0. The van der Waals surface area contributed by atoms with Gasteiger partial charge in [0.15, 0.2) is 0 Å². The van der Waals surface area contributed by atoms with Gasteiger partial charge in [0, 0.05) is 5.56 Å². The second-order valence-corrected chi connectivity index (χ2v) is 9.28. The van der Waals surface area contributed by atoms with Crippen LogP contribution >= 0.6 is 0 Å². The van der Waals surface area contributed by atoms with E-state index in [4.69, 9.17) is 0 Å². The average molecular weight is 415 g/mol. The van der Waals surface area contributed by atoms with Crippen molar-refractivity contribution in [2.24, 2.45) is 0 Å². The molecule has 30 heavy (non-hydrogen) atoms. The fourth-order valence-electron chi connectivity index (χ4n) is 4.45. The summed E-state index contributed by atoms with van der Waals surface area (Å²) in [5.41, 5.74) is 2.09. The molecule has 0 unspecified atom stereocenters. The largest absolute Gasteiger partial charge is 0.298 e. The van der Waals surface area contributed by atoms with Crippen LogP contribution in [0.4, 0.5) is 0 Å². The minimum Gasteiger partial charge on any atom is -0.298 e. The van der Waals surface area contributed by atoms with E-state index in [9.17, 15) is 4.79 Å². The summed E-state index contributed by atoms with van der Waals surface area (Å²) in [5.74, 6) is 0. The van der Waals surface area contributed by atoms with Crippen LogP contribution in [0.25, 0.3) is 0 Å². The van der Waals surface area contributed by atoms with Gasteiger partial charge in [-0.25, -0.2) is 0 Å². The molecule has 172 valence electrons. The van der Waals surface area contributed by atoms with Gasteiger partial charge >= 0.3 is 0 Å². The molecule has 0 aliphatic rings. The van der Waals surface area contributed by atoms with Crippen molar-refractivity contribution in [2.75, 3.05) is 0 Å². The Hall–Kier alpha value is -1.11. The number of aryl methyl sites for hydroxylation is 1. The number of rotatable bonds is 22. The highest BCUT2D eigenvalue weighted by molar-refractivity contribution is 5.77. The average Bonchev–Trinajstić information content (AvgIpc) is 2.78. The molecule has 0 aromatic heterocycles. The molecule has 0 N–H and O–H groups in total. The van der Waals surface area contributed by atoms with E-state index < -0.39 is 0 Å². The predicted molar refractivity (Wildman–Crippen MR) is 134 cm³/mol. The Labute approximate surface area is 188 Å². The van der Waals surface area contributed by atoms with Crippen molar-refractivity contribution in [2.45, 2.75) is 142 Å². The van der Waals surface area contributed by atoms with Crippen LogP contribution in [-0.4, -0.2) is 6.29 Å². The molecule has 1 rings (SSSR count). The number of hydrogen-bond donors (Lipinski definition) is 0. The zero-order valence-corrected chi connectivity index (χ0v) is 20.1. The van der Waals surface area contributed by atoms with Gasteiger partial charge in [-0.15, -0.1) is 0 Å². The first-order valence-corrected chi connectivity index (χ1v) is 13.4. The molecule has 0 fully saturated rings. The molecule has 0 amide bonds. The topological polar surface area (TPSA) is 17.1 Å². The van der Waals surface area contributed by atoms with E-state index in [1.165, 1.54) is 134 Å². The van der Waals surface area contributed by atoms with Gasteiger partial charge in [-0.3, -0.25) is 4.79 Å². The van der Waals surface area contributed by atoms with Gasteiger partial charge in [0.05, 0.1) is 0 Å². The second kappa shape index (κ2) is 21.1. The summed E-state index contributed by atoms with van der Waals surface area (Å²) in [7, 11) is 0. The molecule has 0 heterocycles. The van der Waals surface area contributed by atoms with Gasteiger partial charge in [0.25, 0.3) is 0 Å². The summed E-state index contributed by atoms with van der Waals surface area (Å²) in [6.45, 7) is 2.29. The van der Waals surface area contributed by atoms with Gasteiger partial charge in [0.1, 0.15) is 6.29 Å². The third-order valence-electron chi connectivity index (χ3n) is 6.48. The molecule has 0 aliphatic heterocycles. The highest BCUT2D eigenvalue weighted by Gasteiger charge is 2.00. The van der Waals surface area contributed by atoms with Gasteiger partial charge in [0.2, 0.25) is 0 Å². The standard InChI is InChI=1S/C29H50O/c1-2-3-4-5-6-7-8-9-10-11-12-13-14-15-16-17-18-19-20-21-24-28-25-22-23-26-29(28)27-30/h22-23,25-27H,2-21,24H2,1H3. The van der Waals surface area contributed by atoms with Crippen LogP contribution in [0.5, 0.6) is 0 Å². The lowest BCUT2D eigenvalue weighted by Crippen LogP contribution is -1.92. The minimum absolute atomic E-state index is 0.871. The van der Waals surface area contributed by atoms with Crippen molar-refractivity contribution in [3.05, 3.63) is 35.4 Å². The van der Waals surface area contributed by atoms with Crippen LogP contribution in [0, 0.1) is 0 Å². The molecular formula is C29H50O. The first-order chi connectivity index (χ1) is 14.9. The highest BCUT2D eigenvalue weighted by atomic mass is 16.1. The Morgan fingerprint density at radius 3 is 1.30 bits per heavy atom. The molecule has 1 aromatic carbocycles. The van der Waals surface area contributed by atoms with Crippen molar-refractivity contribution in [1.82, 2.24) is 0 Å². The second-order valence-electron chi connectivity index (χ2n) is 9.28. The number of hydrogen-bond acceptors (Lipinski definition) is 1. The van der Waals surface area contributed by atoms with Crippen molar-refractivity contribution < 1.29 is 4.79 Å². The van der Waals surface area contributed by atoms with E-state index >= 15 is 0 Å². The molecule has 0 saturated heterocycles. The molecule has 1 aromatic rings. The summed E-state index contributed by atoms with van der Waals surface area (Å²) in [4.78, 5) is 11.0. The quantitative estimate of drug-likeness (QED) is 0.136. The van der Waals surface area contributed by atoms with Crippen LogP contribution in [0.1, 0.15) is 151 Å². The van der Waals surface area contributed by atoms with E-state index in [1.807, 2.05) is 18.2 Å². The van der Waals surface area contributed by atoms with E-state index in [0.717, 1.165) is 18.3 Å². The number of aldehydes is 1. The number of carbonyl (C=O) groups excluding carboxylic acids is 1. The summed E-state index contributed by atoms with van der Waals surface area (Å²) >= 11 is 0. The number of carbonyl (C=O) groups is 1. The third kappa shape index (κ3) is 15.7. The van der Waals surface area contributed by atoms with E-state index in [-0.39, 0.29) is 0 Å². The molecule has 1 heteroatoms. The smallest absolute Gasteiger partial charge is 0.150 e. The number of unbranched alkanes of at least 4 members (excludes halogenated alkanes) is 19. The molecular weight excluding hydrogens is 364 g/mol. The van der Waals surface area contributed by atoms with Gasteiger partial charge in [-0.1, -0.05) is 153 Å². The zero-order chi connectivity index (χ0) is 21.5. The maximum absolute atomic E-state index is 11.0. The molecule has 0 spiro atoms.